The second kappa shape index (κ2) is 6.55. The Morgan fingerprint density at radius 1 is 1.19 bits per heavy atom. The minimum absolute atomic E-state index is 0.0513. The lowest BCUT2D eigenvalue weighted by Gasteiger charge is -2.05. The molecular formula is C14H16N2O4S. The Morgan fingerprint density at radius 2 is 1.90 bits per heavy atom. The SMILES string of the molecule is NS(=O)(=O)c1ccc(CNC(=O)CCc2ccco2)cc1. The van der Waals surface area contributed by atoms with E-state index in [0.29, 0.717) is 19.4 Å². The number of aryl methyl sites for hydroxylation is 1. The minimum Gasteiger partial charge on any atom is -0.469 e. The summed E-state index contributed by atoms with van der Waals surface area (Å²) < 4.78 is 27.4. The van der Waals surface area contributed by atoms with Gasteiger partial charge < -0.3 is 9.73 Å². The molecule has 0 atom stereocenters. The Morgan fingerprint density at radius 3 is 2.48 bits per heavy atom. The molecule has 0 radical (unpaired) electrons. The Bertz CT molecular complexity index is 691. The van der Waals surface area contributed by atoms with Crippen LogP contribution >= 0.6 is 0 Å². The highest BCUT2D eigenvalue weighted by Gasteiger charge is 2.07. The number of hydrogen-bond donors (Lipinski definition) is 2. The molecule has 0 unspecified atom stereocenters. The molecule has 0 fully saturated rings. The summed E-state index contributed by atoms with van der Waals surface area (Å²) >= 11 is 0. The van der Waals surface area contributed by atoms with Crippen LogP contribution in [0.4, 0.5) is 0 Å². The van der Waals surface area contributed by atoms with Gasteiger partial charge in [-0.3, -0.25) is 4.79 Å². The molecule has 0 aliphatic rings. The van der Waals surface area contributed by atoms with Crippen molar-refractivity contribution < 1.29 is 17.6 Å². The van der Waals surface area contributed by atoms with E-state index in [1.165, 1.54) is 12.1 Å². The summed E-state index contributed by atoms with van der Waals surface area (Å²) in [5.41, 5.74) is 0.800. The lowest BCUT2D eigenvalue weighted by atomic mass is 10.2. The number of furan rings is 1. The van der Waals surface area contributed by atoms with Crippen LogP contribution in [-0.2, 0) is 27.8 Å². The lowest BCUT2D eigenvalue weighted by Crippen LogP contribution is -2.23. The number of carbonyl (C=O) groups excluding carboxylic acids is 1. The van der Waals surface area contributed by atoms with Crippen molar-refractivity contribution >= 4 is 15.9 Å². The van der Waals surface area contributed by atoms with Crippen LogP contribution in [0.1, 0.15) is 17.7 Å². The molecule has 6 nitrogen and oxygen atoms in total. The highest BCUT2D eigenvalue weighted by Crippen LogP contribution is 2.09. The molecule has 2 rings (SSSR count). The monoisotopic (exact) mass is 308 g/mol. The first-order chi connectivity index (χ1) is 9.95. The van der Waals surface area contributed by atoms with Crippen molar-refractivity contribution in [2.24, 2.45) is 5.14 Å². The Kier molecular flexibility index (Phi) is 4.77. The number of amides is 1. The van der Waals surface area contributed by atoms with E-state index in [0.717, 1.165) is 11.3 Å². The molecule has 1 aromatic heterocycles. The summed E-state index contributed by atoms with van der Waals surface area (Å²) in [4.78, 5) is 11.7. The first-order valence-electron chi connectivity index (χ1n) is 6.36. The maximum Gasteiger partial charge on any atom is 0.238 e. The van der Waals surface area contributed by atoms with E-state index >= 15 is 0 Å². The van der Waals surface area contributed by atoms with Crippen LogP contribution in [0.2, 0.25) is 0 Å². The number of nitrogens with two attached hydrogens (primary N) is 1. The van der Waals surface area contributed by atoms with Crippen LogP contribution < -0.4 is 10.5 Å². The lowest BCUT2D eigenvalue weighted by molar-refractivity contribution is -0.121. The van der Waals surface area contributed by atoms with Gasteiger partial charge in [-0.25, -0.2) is 13.6 Å². The Balaban J connectivity index is 1.81. The molecule has 1 heterocycles. The standard InChI is InChI=1S/C14H16N2O4S/c15-21(18,19)13-6-3-11(4-7-13)10-16-14(17)8-5-12-2-1-9-20-12/h1-4,6-7,9H,5,8,10H2,(H,16,17)(H2,15,18,19). The molecular weight excluding hydrogens is 292 g/mol. The second-order valence-electron chi connectivity index (χ2n) is 4.55. The van der Waals surface area contributed by atoms with Crippen molar-refractivity contribution in [2.45, 2.75) is 24.3 Å². The summed E-state index contributed by atoms with van der Waals surface area (Å²) in [5, 5.41) is 7.77. The summed E-state index contributed by atoms with van der Waals surface area (Å²) in [7, 11) is -3.68. The van der Waals surface area contributed by atoms with Gasteiger partial charge in [0, 0.05) is 19.4 Å². The molecule has 0 saturated heterocycles. The van der Waals surface area contributed by atoms with Crippen LogP contribution in [0.5, 0.6) is 0 Å². The third kappa shape index (κ3) is 4.73. The van der Waals surface area contributed by atoms with Gasteiger partial charge in [-0.15, -0.1) is 0 Å². The van der Waals surface area contributed by atoms with Crippen LogP contribution in [0.15, 0.2) is 52.0 Å². The molecule has 0 saturated carbocycles. The average Bonchev–Trinajstić information content (AvgIpc) is 2.95. The van der Waals surface area contributed by atoms with Crippen LogP contribution in [0.3, 0.4) is 0 Å². The van der Waals surface area contributed by atoms with Crippen molar-refractivity contribution in [2.75, 3.05) is 0 Å². The van der Waals surface area contributed by atoms with Gasteiger partial charge in [0.05, 0.1) is 11.2 Å². The third-order valence-corrected chi connectivity index (χ3v) is 3.85. The van der Waals surface area contributed by atoms with Gasteiger partial charge in [-0.2, -0.15) is 0 Å². The Hall–Kier alpha value is -2.12. The number of rotatable bonds is 6. The van der Waals surface area contributed by atoms with Gasteiger partial charge in [-0.1, -0.05) is 12.1 Å². The molecule has 3 N–H and O–H groups in total. The zero-order valence-electron chi connectivity index (χ0n) is 11.3. The zero-order chi connectivity index (χ0) is 15.3. The summed E-state index contributed by atoms with van der Waals surface area (Å²) in [6, 6.07) is 9.66. The van der Waals surface area contributed by atoms with E-state index in [1.54, 1.807) is 24.5 Å². The average molecular weight is 308 g/mol. The van der Waals surface area contributed by atoms with E-state index in [2.05, 4.69) is 5.32 Å². The normalized spacial score (nSPS) is 11.3. The van der Waals surface area contributed by atoms with E-state index in [1.807, 2.05) is 6.07 Å². The number of benzene rings is 1. The van der Waals surface area contributed by atoms with Gasteiger partial charge in [0.1, 0.15) is 5.76 Å². The number of primary sulfonamides is 1. The predicted molar refractivity (Wildman–Crippen MR) is 76.7 cm³/mol. The van der Waals surface area contributed by atoms with E-state index in [-0.39, 0.29) is 10.8 Å². The Labute approximate surface area is 123 Å². The molecule has 0 bridgehead atoms. The molecule has 112 valence electrons. The molecule has 2 aromatic rings. The van der Waals surface area contributed by atoms with Gasteiger partial charge in [0.2, 0.25) is 15.9 Å². The smallest absolute Gasteiger partial charge is 0.238 e. The quantitative estimate of drug-likeness (QED) is 0.836. The molecule has 0 spiro atoms. The molecule has 0 aliphatic heterocycles. The van der Waals surface area contributed by atoms with Gasteiger partial charge in [-0.05, 0) is 29.8 Å². The number of carbonyl (C=O) groups is 1. The molecule has 1 amide bonds. The van der Waals surface area contributed by atoms with Crippen molar-refractivity contribution in [3.63, 3.8) is 0 Å². The fourth-order valence-electron chi connectivity index (χ4n) is 1.78. The summed E-state index contributed by atoms with van der Waals surface area (Å²) in [6.45, 7) is 0.335. The molecule has 7 heteroatoms. The maximum atomic E-state index is 11.7. The number of hydrogen-bond acceptors (Lipinski definition) is 4. The zero-order valence-corrected chi connectivity index (χ0v) is 12.1. The molecule has 21 heavy (non-hydrogen) atoms. The number of nitrogens with one attached hydrogen (secondary N) is 1. The van der Waals surface area contributed by atoms with Crippen LogP contribution in [-0.4, -0.2) is 14.3 Å². The van der Waals surface area contributed by atoms with Crippen molar-refractivity contribution in [3.05, 3.63) is 54.0 Å². The first kappa shape index (κ1) is 15.3. The largest absolute Gasteiger partial charge is 0.469 e. The van der Waals surface area contributed by atoms with Crippen LogP contribution in [0.25, 0.3) is 0 Å². The van der Waals surface area contributed by atoms with E-state index < -0.39 is 10.0 Å². The van der Waals surface area contributed by atoms with E-state index in [9.17, 15) is 13.2 Å². The molecule has 1 aromatic carbocycles. The van der Waals surface area contributed by atoms with Crippen molar-refractivity contribution in [1.29, 1.82) is 0 Å². The van der Waals surface area contributed by atoms with Gasteiger partial charge in [0.15, 0.2) is 0 Å². The minimum atomic E-state index is -3.68. The summed E-state index contributed by atoms with van der Waals surface area (Å²) in [5.74, 6) is 0.671. The fraction of sp³-hybridized carbons (Fsp3) is 0.214. The number of sulfonamides is 1. The summed E-state index contributed by atoms with van der Waals surface area (Å²) in [6.07, 6.45) is 2.45. The fourth-order valence-corrected chi connectivity index (χ4v) is 2.29. The predicted octanol–water partition coefficient (Wildman–Crippen LogP) is 1.18. The van der Waals surface area contributed by atoms with Gasteiger partial charge >= 0.3 is 0 Å². The highest BCUT2D eigenvalue weighted by atomic mass is 32.2. The van der Waals surface area contributed by atoms with E-state index in [4.69, 9.17) is 9.56 Å². The highest BCUT2D eigenvalue weighted by molar-refractivity contribution is 7.89. The third-order valence-electron chi connectivity index (χ3n) is 2.92. The second-order valence-corrected chi connectivity index (χ2v) is 6.11. The first-order valence-corrected chi connectivity index (χ1v) is 7.90. The van der Waals surface area contributed by atoms with Crippen molar-refractivity contribution in [3.8, 4) is 0 Å². The van der Waals surface area contributed by atoms with Crippen LogP contribution in [0, 0.1) is 0 Å². The molecule has 0 aliphatic carbocycles. The maximum absolute atomic E-state index is 11.7. The van der Waals surface area contributed by atoms with Crippen molar-refractivity contribution in [1.82, 2.24) is 5.32 Å². The van der Waals surface area contributed by atoms with Gasteiger partial charge in [0.25, 0.3) is 0 Å². The topological polar surface area (TPSA) is 102 Å².